The highest BCUT2D eigenvalue weighted by atomic mass is 16.5. The quantitative estimate of drug-likeness (QED) is 0.760. The Morgan fingerprint density at radius 2 is 2.21 bits per heavy atom. The largest absolute Gasteiger partial charge is 0.463 e. The van der Waals surface area contributed by atoms with Crippen LogP contribution in [0.25, 0.3) is 0 Å². The molecule has 0 aromatic carbocycles. The van der Waals surface area contributed by atoms with Gasteiger partial charge in [0.2, 0.25) is 5.82 Å². The summed E-state index contributed by atoms with van der Waals surface area (Å²) in [6.45, 7) is 5.90. The minimum atomic E-state index is -0.807. The SMILES string of the molecule is CCCC(C)(O)CNc1cc(C)nc(C(=O)OC)n1. The molecule has 0 aliphatic carbocycles. The van der Waals surface area contributed by atoms with E-state index < -0.39 is 11.6 Å². The lowest BCUT2D eigenvalue weighted by atomic mass is 10.0. The predicted molar refractivity (Wildman–Crippen MR) is 72.1 cm³/mol. The topological polar surface area (TPSA) is 84.3 Å². The molecule has 1 unspecified atom stereocenters. The molecular formula is C13H21N3O3. The fraction of sp³-hybridized carbons (Fsp3) is 0.615. The summed E-state index contributed by atoms with van der Waals surface area (Å²) in [5.74, 6) is -0.0588. The summed E-state index contributed by atoms with van der Waals surface area (Å²) in [6, 6.07) is 1.72. The van der Waals surface area contributed by atoms with Crippen molar-refractivity contribution < 1.29 is 14.6 Å². The number of hydrogen-bond donors (Lipinski definition) is 2. The highest BCUT2D eigenvalue weighted by molar-refractivity contribution is 5.85. The Hall–Kier alpha value is -1.69. The van der Waals surface area contributed by atoms with E-state index in [1.165, 1.54) is 7.11 Å². The number of aryl methyl sites for hydroxylation is 1. The normalized spacial score (nSPS) is 13.7. The van der Waals surface area contributed by atoms with Crippen LogP contribution in [0.2, 0.25) is 0 Å². The molecule has 1 aromatic heterocycles. The van der Waals surface area contributed by atoms with E-state index in [4.69, 9.17) is 0 Å². The Balaban J connectivity index is 2.79. The monoisotopic (exact) mass is 267 g/mol. The number of esters is 1. The summed E-state index contributed by atoms with van der Waals surface area (Å²) in [5, 5.41) is 13.1. The van der Waals surface area contributed by atoms with Crippen LogP contribution in [0.3, 0.4) is 0 Å². The van der Waals surface area contributed by atoms with Gasteiger partial charge in [0.15, 0.2) is 0 Å². The van der Waals surface area contributed by atoms with E-state index in [2.05, 4.69) is 20.0 Å². The first-order chi connectivity index (χ1) is 8.88. The van der Waals surface area contributed by atoms with E-state index in [0.717, 1.165) is 6.42 Å². The summed E-state index contributed by atoms with van der Waals surface area (Å²) < 4.78 is 4.59. The third kappa shape index (κ3) is 4.82. The summed E-state index contributed by atoms with van der Waals surface area (Å²) in [6.07, 6.45) is 1.58. The molecule has 0 spiro atoms. The van der Waals surface area contributed by atoms with E-state index in [1.807, 2.05) is 6.92 Å². The van der Waals surface area contributed by atoms with Gasteiger partial charge in [-0.3, -0.25) is 0 Å². The van der Waals surface area contributed by atoms with Crippen LogP contribution in [0.15, 0.2) is 6.07 Å². The molecule has 0 aliphatic heterocycles. The molecule has 0 saturated heterocycles. The Morgan fingerprint density at radius 1 is 1.53 bits per heavy atom. The Kier molecular flexibility index (Phi) is 5.23. The number of aliphatic hydroxyl groups is 1. The summed E-state index contributed by atoms with van der Waals surface area (Å²) in [7, 11) is 1.28. The molecule has 1 atom stereocenters. The zero-order valence-corrected chi connectivity index (χ0v) is 11.9. The lowest BCUT2D eigenvalue weighted by Crippen LogP contribution is -2.33. The molecule has 0 radical (unpaired) electrons. The molecule has 0 amide bonds. The van der Waals surface area contributed by atoms with Crippen LogP contribution >= 0.6 is 0 Å². The van der Waals surface area contributed by atoms with E-state index in [1.54, 1.807) is 19.9 Å². The van der Waals surface area contributed by atoms with Crippen molar-refractivity contribution in [2.24, 2.45) is 0 Å². The van der Waals surface area contributed by atoms with Crippen molar-refractivity contribution in [3.63, 3.8) is 0 Å². The van der Waals surface area contributed by atoms with Crippen LogP contribution in [0.1, 0.15) is 43.0 Å². The molecule has 0 bridgehead atoms. The fourth-order valence-electron chi connectivity index (χ4n) is 1.75. The van der Waals surface area contributed by atoms with Gasteiger partial charge < -0.3 is 15.2 Å². The summed E-state index contributed by atoms with van der Waals surface area (Å²) >= 11 is 0. The Labute approximate surface area is 113 Å². The van der Waals surface area contributed by atoms with Crippen molar-refractivity contribution in [3.8, 4) is 0 Å². The summed E-state index contributed by atoms with van der Waals surface area (Å²) in [4.78, 5) is 19.5. The van der Waals surface area contributed by atoms with Gasteiger partial charge >= 0.3 is 5.97 Å². The maximum absolute atomic E-state index is 11.4. The van der Waals surface area contributed by atoms with Crippen LogP contribution in [0.5, 0.6) is 0 Å². The van der Waals surface area contributed by atoms with Crippen molar-refractivity contribution >= 4 is 11.8 Å². The van der Waals surface area contributed by atoms with Crippen molar-refractivity contribution in [1.29, 1.82) is 0 Å². The van der Waals surface area contributed by atoms with Crippen molar-refractivity contribution in [1.82, 2.24) is 9.97 Å². The lowest BCUT2D eigenvalue weighted by molar-refractivity contribution is 0.0586. The highest BCUT2D eigenvalue weighted by Gasteiger charge is 2.19. The predicted octanol–water partition coefficient (Wildman–Crippen LogP) is 1.53. The number of ether oxygens (including phenoxy) is 1. The van der Waals surface area contributed by atoms with Gasteiger partial charge in [0.05, 0.1) is 12.7 Å². The van der Waals surface area contributed by atoms with Crippen molar-refractivity contribution in [2.75, 3.05) is 19.0 Å². The molecule has 19 heavy (non-hydrogen) atoms. The smallest absolute Gasteiger partial charge is 0.376 e. The van der Waals surface area contributed by atoms with Gasteiger partial charge in [-0.25, -0.2) is 14.8 Å². The molecule has 6 heteroatoms. The first kappa shape index (κ1) is 15.4. The number of methoxy groups -OCH3 is 1. The Bertz CT molecular complexity index is 447. The van der Waals surface area contributed by atoms with Gasteiger partial charge in [0, 0.05) is 18.3 Å². The second-order valence-corrected chi connectivity index (χ2v) is 4.81. The minimum absolute atomic E-state index is 0.0140. The third-order valence-electron chi connectivity index (χ3n) is 2.66. The molecule has 0 fully saturated rings. The van der Waals surface area contributed by atoms with Crippen LogP contribution in [0, 0.1) is 6.92 Å². The van der Waals surface area contributed by atoms with Crippen LogP contribution in [-0.4, -0.2) is 40.3 Å². The number of carbonyl (C=O) groups is 1. The third-order valence-corrected chi connectivity index (χ3v) is 2.66. The average Bonchev–Trinajstić information content (AvgIpc) is 2.35. The lowest BCUT2D eigenvalue weighted by Gasteiger charge is -2.23. The van der Waals surface area contributed by atoms with Gasteiger partial charge in [-0.15, -0.1) is 0 Å². The second-order valence-electron chi connectivity index (χ2n) is 4.81. The maximum Gasteiger partial charge on any atom is 0.376 e. The molecule has 6 nitrogen and oxygen atoms in total. The van der Waals surface area contributed by atoms with Gasteiger partial charge in [-0.1, -0.05) is 13.3 Å². The van der Waals surface area contributed by atoms with Crippen LogP contribution in [0.4, 0.5) is 5.82 Å². The zero-order chi connectivity index (χ0) is 14.5. The number of nitrogens with zero attached hydrogens (tertiary/aromatic N) is 2. The summed E-state index contributed by atoms with van der Waals surface area (Å²) in [5.41, 5.74) is -0.146. The molecule has 2 N–H and O–H groups in total. The average molecular weight is 267 g/mol. The molecule has 1 aromatic rings. The second kappa shape index (κ2) is 6.47. The van der Waals surface area contributed by atoms with Crippen molar-refractivity contribution in [3.05, 3.63) is 17.6 Å². The molecule has 106 valence electrons. The Morgan fingerprint density at radius 3 is 2.79 bits per heavy atom. The van der Waals surface area contributed by atoms with E-state index in [0.29, 0.717) is 24.5 Å². The number of hydrogen-bond acceptors (Lipinski definition) is 6. The number of anilines is 1. The maximum atomic E-state index is 11.4. The molecule has 1 rings (SSSR count). The minimum Gasteiger partial charge on any atom is -0.463 e. The zero-order valence-electron chi connectivity index (χ0n) is 11.9. The number of aromatic nitrogens is 2. The van der Waals surface area contributed by atoms with Gasteiger partial charge in [-0.2, -0.15) is 0 Å². The number of carbonyl (C=O) groups excluding carboxylic acids is 1. The number of nitrogens with one attached hydrogen (secondary N) is 1. The highest BCUT2D eigenvalue weighted by Crippen LogP contribution is 2.14. The van der Waals surface area contributed by atoms with E-state index in [9.17, 15) is 9.90 Å². The fourth-order valence-corrected chi connectivity index (χ4v) is 1.75. The van der Waals surface area contributed by atoms with Gasteiger partial charge in [0.1, 0.15) is 5.82 Å². The van der Waals surface area contributed by atoms with Crippen molar-refractivity contribution in [2.45, 2.75) is 39.2 Å². The van der Waals surface area contributed by atoms with Gasteiger partial charge in [-0.05, 0) is 20.3 Å². The van der Waals surface area contributed by atoms with E-state index >= 15 is 0 Å². The first-order valence-electron chi connectivity index (χ1n) is 6.28. The molecule has 0 saturated carbocycles. The number of rotatable bonds is 6. The molecule has 1 heterocycles. The first-order valence-corrected chi connectivity index (χ1v) is 6.28. The molecular weight excluding hydrogens is 246 g/mol. The van der Waals surface area contributed by atoms with Crippen LogP contribution < -0.4 is 5.32 Å². The van der Waals surface area contributed by atoms with Gasteiger partial charge in [0.25, 0.3) is 0 Å². The van der Waals surface area contributed by atoms with E-state index in [-0.39, 0.29) is 5.82 Å². The standard InChI is InChI=1S/C13H21N3O3/c1-5-6-13(3,18)8-14-10-7-9(2)15-11(16-10)12(17)19-4/h7,18H,5-6,8H2,1-4H3,(H,14,15,16). The van der Waals surface area contributed by atoms with Crippen LogP contribution in [-0.2, 0) is 4.74 Å². The molecule has 0 aliphatic rings.